The van der Waals surface area contributed by atoms with Crippen LogP contribution in [0.2, 0.25) is 0 Å². The second-order valence-corrected chi connectivity index (χ2v) is 3.78. The van der Waals surface area contributed by atoms with Gasteiger partial charge in [0.2, 0.25) is 0 Å². The number of rotatable bonds is 5. The molecule has 0 aromatic heterocycles. The molecule has 96 valence electrons. The van der Waals surface area contributed by atoms with E-state index in [4.69, 9.17) is 5.73 Å². The minimum Gasteiger partial charge on any atom is -0.331 e. The molecule has 0 aliphatic heterocycles. The fourth-order valence-electron chi connectivity index (χ4n) is 1.68. The van der Waals surface area contributed by atoms with Gasteiger partial charge in [-0.15, -0.1) is 12.4 Å². The van der Waals surface area contributed by atoms with E-state index in [0.717, 1.165) is 6.54 Å². The predicted octanol–water partition coefficient (Wildman–Crippen LogP) is 3.29. The smallest absolute Gasteiger partial charge is 0.0175 e. The van der Waals surface area contributed by atoms with Crippen molar-refractivity contribution < 1.29 is 0 Å². The van der Waals surface area contributed by atoms with Gasteiger partial charge in [-0.3, -0.25) is 4.90 Å². The monoisotopic (exact) mass is 238 g/mol. The lowest BCUT2D eigenvalue weighted by atomic mass is 9.93. The third-order valence-corrected chi connectivity index (χ3v) is 3.05. The first-order valence-corrected chi connectivity index (χ1v) is 6.01. The summed E-state index contributed by atoms with van der Waals surface area (Å²) in [5, 5.41) is 0. The van der Waals surface area contributed by atoms with E-state index in [1.165, 1.54) is 25.9 Å². The average Bonchev–Trinajstić information content (AvgIpc) is 2.20. The number of nitrogens with zero attached hydrogens (tertiary/aromatic N) is 1. The Hall–Kier alpha value is 0.210. The van der Waals surface area contributed by atoms with Crippen molar-refractivity contribution in [2.45, 2.75) is 59.9 Å². The first-order chi connectivity index (χ1) is 6.55. The van der Waals surface area contributed by atoms with Crippen LogP contribution in [0.4, 0.5) is 0 Å². The number of halogens is 1. The second kappa shape index (κ2) is 12.3. The summed E-state index contributed by atoms with van der Waals surface area (Å²) in [6.07, 6.45) is 2.51. The Labute approximate surface area is 103 Å². The number of hydrogen-bond acceptors (Lipinski definition) is 2. The summed E-state index contributed by atoms with van der Waals surface area (Å²) in [6, 6.07) is 0. The number of nitrogens with two attached hydrogens (primary N) is 1. The summed E-state index contributed by atoms with van der Waals surface area (Å²) in [7, 11) is 0. The van der Waals surface area contributed by atoms with Gasteiger partial charge in [0.05, 0.1) is 0 Å². The Bertz CT molecular complexity index is 110. The predicted molar refractivity (Wildman–Crippen MR) is 73.9 cm³/mol. The summed E-state index contributed by atoms with van der Waals surface area (Å²) >= 11 is 0. The highest BCUT2D eigenvalue weighted by Gasteiger charge is 2.24. The van der Waals surface area contributed by atoms with Crippen molar-refractivity contribution in [2.75, 3.05) is 19.6 Å². The van der Waals surface area contributed by atoms with Gasteiger partial charge in [-0.05, 0) is 39.4 Å². The van der Waals surface area contributed by atoms with Crippen LogP contribution in [-0.4, -0.2) is 30.1 Å². The minimum atomic E-state index is 0. The van der Waals surface area contributed by atoms with Gasteiger partial charge >= 0.3 is 0 Å². The Kier molecular flexibility index (Phi) is 16.9. The van der Waals surface area contributed by atoms with Gasteiger partial charge in [0.25, 0.3) is 0 Å². The van der Waals surface area contributed by atoms with E-state index >= 15 is 0 Å². The van der Waals surface area contributed by atoms with E-state index in [-0.39, 0.29) is 12.4 Å². The van der Waals surface area contributed by atoms with Crippen LogP contribution in [0.1, 0.15) is 54.4 Å². The van der Waals surface area contributed by atoms with Crippen molar-refractivity contribution >= 4 is 12.4 Å². The summed E-state index contributed by atoms with van der Waals surface area (Å²) in [6.45, 7) is 16.4. The summed E-state index contributed by atoms with van der Waals surface area (Å²) in [5.74, 6) is 0. The fraction of sp³-hybridized carbons (Fsp3) is 1.00. The Morgan fingerprint density at radius 3 is 1.27 bits per heavy atom. The van der Waals surface area contributed by atoms with Crippen molar-refractivity contribution in [1.82, 2.24) is 4.90 Å². The van der Waals surface area contributed by atoms with Gasteiger partial charge in [0.15, 0.2) is 0 Å². The van der Waals surface area contributed by atoms with Crippen molar-refractivity contribution in [2.24, 2.45) is 5.73 Å². The summed E-state index contributed by atoms with van der Waals surface area (Å²) in [4.78, 5) is 2.55. The highest BCUT2D eigenvalue weighted by molar-refractivity contribution is 5.85. The molecule has 0 aliphatic carbocycles. The van der Waals surface area contributed by atoms with Crippen molar-refractivity contribution in [3.8, 4) is 0 Å². The quantitative estimate of drug-likeness (QED) is 0.797. The molecule has 0 rings (SSSR count). The molecule has 0 amide bonds. The zero-order chi connectivity index (χ0) is 11.6. The van der Waals surface area contributed by atoms with Crippen molar-refractivity contribution in [3.05, 3.63) is 0 Å². The molecule has 0 atom stereocenters. The van der Waals surface area contributed by atoms with Crippen molar-refractivity contribution in [1.29, 1.82) is 0 Å². The van der Waals surface area contributed by atoms with E-state index in [1.54, 1.807) is 0 Å². The molecule has 0 fully saturated rings. The van der Waals surface area contributed by atoms with E-state index in [2.05, 4.69) is 39.5 Å². The lowest BCUT2D eigenvalue weighted by molar-refractivity contribution is 0.108. The van der Waals surface area contributed by atoms with E-state index in [0.29, 0.717) is 5.54 Å². The van der Waals surface area contributed by atoms with E-state index < -0.39 is 0 Å². The molecule has 0 heterocycles. The van der Waals surface area contributed by atoms with Crippen LogP contribution in [0.15, 0.2) is 0 Å². The van der Waals surface area contributed by atoms with Gasteiger partial charge in [-0.1, -0.05) is 34.6 Å². The molecule has 2 nitrogen and oxygen atoms in total. The van der Waals surface area contributed by atoms with Crippen LogP contribution >= 0.6 is 12.4 Å². The van der Waals surface area contributed by atoms with Gasteiger partial charge in [-0.25, -0.2) is 0 Å². The molecule has 2 N–H and O–H groups in total. The summed E-state index contributed by atoms with van der Waals surface area (Å²) < 4.78 is 0. The zero-order valence-electron chi connectivity index (χ0n) is 11.5. The summed E-state index contributed by atoms with van der Waals surface area (Å²) in [5.41, 5.74) is 5.28. The maximum absolute atomic E-state index is 4.85. The first-order valence-electron chi connectivity index (χ1n) is 6.01. The molecular formula is C12H31ClN2. The standard InChI is InChI=1S/C10H23N.C2H7N.ClH/c1-6-10(5,7-2)11(8-3)9-4;1-2-3;/h6-9H2,1-5H3;2-3H2,1H3;1H. The van der Waals surface area contributed by atoms with Gasteiger partial charge < -0.3 is 5.73 Å². The zero-order valence-corrected chi connectivity index (χ0v) is 12.3. The maximum atomic E-state index is 4.85. The molecule has 0 aromatic rings. The largest absolute Gasteiger partial charge is 0.331 e. The van der Waals surface area contributed by atoms with Crippen LogP contribution in [-0.2, 0) is 0 Å². The molecule has 0 aliphatic rings. The maximum Gasteiger partial charge on any atom is 0.0175 e. The first kappa shape index (κ1) is 20.6. The minimum absolute atomic E-state index is 0. The van der Waals surface area contributed by atoms with Crippen LogP contribution in [0, 0.1) is 0 Å². The van der Waals surface area contributed by atoms with Crippen LogP contribution in [0.25, 0.3) is 0 Å². The second-order valence-electron chi connectivity index (χ2n) is 3.78. The lowest BCUT2D eigenvalue weighted by Gasteiger charge is -2.39. The highest BCUT2D eigenvalue weighted by atomic mass is 35.5. The topological polar surface area (TPSA) is 29.3 Å². The Morgan fingerprint density at radius 1 is 0.933 bits per heavy atom. The molecule has 15 heavy (non-hydrogen) atoms. The van der Waals surface area contributed by atoms with Gasteiger partial charge in [-0.2, -0.15) is 0 Å². The molecule has 0 radical (unpaired) electrons. The van der Waals surface area contributed by atoms with Crippen LogP contribution in [0.3, 0.4) is 0 Å². The van der Waals surface area contributed by atoms with E-state index in [1.807, 2.05) is 6.92 Å². The molecule has 0 unspecified atom stereocenters. The third-order valence-electron chi connectivity index (χ3n) is 3.05. The fourth-order valence-corrected chi connectivity index (χ4v) is 1.68. The van der Waals surface area contributed by atoms with Gasteiger partial charge in [0, 0.05) is 5.54 Å². The van der Waals surface area contributed by atoms with Gasteiger partial charge in [0.1, 0.15) is 0 Å². The molecule has 3 heteroatoms. The van der Waals surface area contributed by atoms with E-state index in [9.17, 15) is 0 Å². The molecule has 0 aromatic carbocycles. The lowest BCUT2D eigenvalue weighted by Crippen LogP contribution is -2.45. The Balaban J connectivity index is -0.000000320. The molecule has 0 spiro atoms. The third kappa shape index (κ3) is 8.06. The van der Waals surface area contributed by atoms with Crippen molar-refractivity contribution in [3.63, 3.8) is 0 Å². The molecule has 0 bridgehead atoms. The molecular weight excluding hydrogens is 208 g/mol. The normalized spacial score (nSPS) is 10.4. The molecule has 0 saturated carbocycles. The number of hydrogen-bond donors (Lipinski definition) is 1. The SMILES string of the molecule is CCN.CCN(CC)C(C)(CC)CC.Cl. The highest BCUT2D eigenvalue weighted by Crippen LogP contribution is 2.22. The van der Waals surface area contributed by atoms with Crippen LogP contribution in [0.5, 0.6) is 0 Å². The Morgan fingerprint density at radius 2 is 1.20 bits per heavy atom. The average molecular weight is 239 g/mol. The molecule has 0 saturated heterocycles. The van der Waals surface area contributed by atoms with Crippen LogP contribution < -0.4 is 5.73 Å².